The summed E-state index contributed by atoms with van der Waals surface area (Å²) in [4.78, 5) is 0. The Kier molecular flexibility index (Phi) is 2.18. The van der Waals surface area contributed by atoms with Crippen molar-refractivity contribution < 1.29 is 0 Å². The molecule has 1 fully saturated rings. The number of rotatable bonds is 1. The van der Waals surface area contributed by atoms with Crippen LogP contribution in [-0.4, -0.2) is 6.17 Å². The molecule has 0 bridgehead atoms. The predicted octanol–water partition coefficient (Wildman–Crippen LogP) is 0.570. The average molecular weight is 153 g/mol. The van der Waals surface area contributed by atoms with Crippen molar-refractivity contribution in [3.63, 3.8) is 0 Å². The van der Waals surface area contributed by atoms with Crippen LogP contribution in [0.15, 0.2) is 12.2 Å². The van der Waals surface area contributed by atoms with Crippen molar-refractivity contribution in [2.45, 2.75) is 25.4 Å². The van der Waals surface area contributed by atoms with Gasteiger partial charge >= 0.3 is 0 Å². The molecule has 2 atom stereocenters. The summed E-state index contributed by atoms with van der Waals surface area (Å²) in [5.41, 5.74) is 12.7. The summed E-state index contributed by atoms with van der Waals surface area (Å²) in [5, 5.41) is 0. The van der Waals surface area contributed by atoms with Gasteiger partial charge in [0.05, 0.1) is 0 Å². The Labute approximate surface area is 66.3 Å². The summed E-state index contributed by atoms with van der Waals surface area (Å²) in [5.74, 6) is 0.561. The number of allylic oxidation sites excluding steroid dienone is 1. The van der Waals surface area contributed by atoms with Crippen molar-refractivity contribution in [3.8, 4) is 0 Å². The van der Waals surface area contributed by atoms with Gasteiger partial charge in [-0.1, -0.05) is 18.3 Å². The highest BCUT2D eigenvalue weighted by Gasteiger charge is 2.14. The summed E-state index contributed by atoms with van der Waals surface area (Å²) in [6.07, 6.45) is 8.45. The van der Waals surface area contributed by atoms with Crippen LogP contribution in [0.25, 0.3) is 5.43 Å². The molecule has 0 radical (unpaired) electrons. The summed E-state index contributed by atoms with van der Waals surface area (Å²) in [6, 6.07) is 0. The first-order chi connectivity index (χ1) is 5.47. The van der Waals surface area contributed by atoms with Crippen molar-refractivity contribution in [1.82, 2.24) is 16.5 Å². The molecule has 1 saturated heterocycles. The number of nitrogens with zero attached hydrogens (tertiary/aromatic N) is 1. The Morgan fingerprint density at radius 1 is 1.45 bits per heavy atom. The molecule has 11 heavy (non-hydrogen) atoms. The third-order valence-corrected chi connectivity index (χ3v) is 2.18. The fourth-order valence-corrected chi connectivity index (χ4v) is 1.54. The Hall–Kier alpha value is -0.420. The van der Waals surface area contributed by atoms with Crippen molar-refractivity contribution in [2.24, 2.45) is 5.92 Å². The van der Waals surface area contributed by atoms with E-state index in [2.05, 4.69) is 34.1 Å². The molecule has 4 nitrogen and oxygen atoms in total. The zero-order valence-electron chi connectivity index (χ0n) is 6.38. The molecule has 2 unspecified atom stereocenters. The monoisotopic (exact) mass is 153 g/mol. The highest BCUT2D eigenvalue weighted by Crippen LogP contribution is 2.22. The minimum absolute atomic E-state index is 0.214. The molecule has 0 saturated carbocycles. The van der Waals surface area contributed by atoms with Gasteiger partial charge in [-0.3, -0.25) is 5.43 Å². The first kappa shape index (κ1) is 7.24. The third-order valence-electron chi connectivity index (χ3n) is 2.18. The Bertz CT molecular complexity index is 151. The van der Waals surface area contributed by atoms with Crippen LogP contribution in [0.3, 0.4) is 0 Å². The van der Waals surface area contributed by atoms with E-state index in [1.165, 1.54) is 19.3 Å². The van der Waals surface area contributed by atoms with Gasteiger partial charge < -0.3 is 11.0 Å². The molecule has 3 N–H and O–H groups in total. The molecule has 2 rings (SSSR count). The van der Waals surface area contributed by atoms with Crippen LogP contribution in [-0.2, 0) is 0 Å². The summed E-state index contributed by atoms with van der Waals surface area (Å²) in [6.45, 7) is 0. The molecule has 1 heterocycles. The van der Waals surface area contributed by atoms with Crippen molar-refractivity contribution >= 4 is 0 Å². The van der Waals surface area contributed by atoms with Gasteiger partial charge in [0.25, 0.3) is 0 Å². The molecule has 0 amide bonds. The number of nitrogens with one attached hydrogen (secondary N) is 3. The van der Waals surface area contributed by atoms with Crippen LogP contribution in [0.4, 0.5) is 0 Å². The lowest BCUT2D eigenvalue weighted by Crippen LogP contribution is -2.36. The van der Waals surface area contributed by atoms with Gasteiger partial charge in [0.15, 0.2) is 0 Å². The largest absolute Gasteiger partial charge is 0.565 e. The minimum atomic E-state index is 0.214. The van der Waals surface area contributed by atoms with Crippen LogP contribution in [0.5, 0.6) is 0 Å². The van der Waals surface area contributed by atoms with E-state index in [-0.39, 0.29) is 6.17 Å². The zero-order chi connectivity index (χ0) is 7.52. The van der Waals surface area contributed by atoms with E-state index in [0.717, 1.165) is 0 Å². The smallest absolute Gasteiger partial charge is 0.0247 e. The molecule has 0 spiro atoms. The maximum absolute atomic E-state index is 4.14. The summed E-state index contributed by atoms with van der Waals surface area (Å²) < 4.78 is 0. The Morgan fingerprint density at radius 3 is 3.09 bits per heavy atom. The van der Waals surface area contributed by atoms with E-state index in [0.29, 0.717) is 5.92 Å². The average Bonchev–Trinajstić information content (AvgIpc) is 2.58. The Balaban J connectivity index is 1.91. The van der Waals surface area contributed by atoms with Gasteiger partial charge in [0, 0.05) is 0 Å². The molecule has 1 aliphatic heterocycles. The first-order valence-electron chi connectivity index (χ1n) is 4.09. The fraction of sp³-hybridized carbons (Fsp3) is 0.714. The van der Waals surface area contributed by atoms with E-state index in [1.807, 2.05) is 0 Å². The van der Waals surface area contributed by atoms with Gasteiger partial charge in [-0.25, -0.2) is 5.53 Å². The van der Waals surface area contributed by atoms with E-state index >= 15 is 0 Å². The van der Waals surface area contributed by atoms with Gasteiger partial charge in [-0.2, -0.15) is 0 Å². The van der Waals surface area contributed by atoms with Gasteiger partial charge in [-0.05, 0) is 25.2 Å². The van der Waals surface area contributed by atoms with E-state index in [4.69, 9.17) is 0 Å². The second-order valence-electron chi connectivity index (χ2n) is 2.98. The molecule has 0 aromatic carbocycles. The highest BCUT2D eigenvalue weighted by atomic mass is 15.8. The number of hydrazine groups is 2. The number of hydrogen-bond donors (Lipinski definition) is 3. The minimum Gasteiger partial charge on any atom is -0.565 e. The van der Waals surface area contributed by atoms with Gasteiger partial charge in [0.1, 0.15) is 0 Å². The molecule has 1 aliphatic carbocycles. The van der Waals surface area contributed by atoms with Gasteiger partial charge in [0.2, 0.25) is 0 Å². The summed E-state index contributed by atoms with van der Waals surface area (Å²) >= 11 is 0. The lowest BCUT2D eigenvalue weighted by Gasteiger charge is -2.30. The zero-order valence-corrected chi connectivity index (χ0v) is 6.38. The van der Waals surface area contributed by atoms with Crippen LogP contribution in [0.1, 0.15) is 19.3 Å². The van der Waals surface area contributed by atoms with Crippen LogP contribution in [0.2, 0.25) is 0 Å². The molecule has 4 heteroatoms. The lowest BCUT2D eigenvalue weighted by atomic mass is 9.94. The molecule has 2 aliphatic rings. The second-order valence-corrected chi connectivity index (χ2v) is 2.98. The van der Waals surface area contributed by atoms with Gasteiger partial charge in [-0.15, -0.1) is 0 Å². The second kappa shape index (κ2) is 3.32. The maximum Gasteiger partial charge on any atom is -0.0247 e. The summed E-state index contributed by atoms with van der Waals surface area (Å²) in [7, 11) is 0. The third kappa shape index (κ3) is 1.59. The molecular weight excluding hydrogens is 140 g/mol. The van der Waals surface area contributed by atoms with Crippen molar-refractivity contribution in [1.29, 1.82) is 0 Å². The van der Waals surface area contributed by atoms with E-state index in [1.54, 1.807) is 0 Å². The standard InChI is InChI=1S/C7H13N4/c1-2-4-6(5-3-1)7-8-10-11-9-7/h2,4,6-8,10-11H,1,3,5H2/q-1. The maximum atomic E-state index is 4.14. The van der Waals surface area contributed by atoms with Crippen LogP contribution < -0.4 is 16.5 Å². The topological polar surface area (TPSA) is 50.2 Å². The lowest BCUT2D eigenvalue weighted by molar-refractivity contribution is 0.422. The highest BCUT2D eigenvalue weighted by molar-refractivity contribution is 5.03. The van der Waals surface area contributed by atoms with Crippen molar-refractivity contribution in [3.05, 3.63) is 17.6 Å². The SMILES string of the molecule is C1=CC(C2[N-]NNN2)CCC1. The molecule has 62 valence electrons. The molecule has 0 aromatic heterocycles. The number of hydrogen-bond acceptors (Lipinski definition) is 3. The fourth-order valence-electron chi connectivity index (χ4n) is 1.54. The Morgan fingerprint density at radius 2 is 2.45 bits per heavy atom. The van der Waals surface area contributed by atoms with E-state index in [9.17, 15) is 0 Å². The van der Waals surface area contributed by atoms with E-state index < -0.39 is 0 Å². The molecular formula is C7H13N4-. The normalized spacial score (nSPS) is 37.8. The van der Waals surface area contributed by atoms with Crippen LogP contribution >= 0.6 is 0 Å². The first-order valence-corrected chi connectivity index (χ1v) is 4.09. The van der Waals surface area contributed by atoms with Crippen molar-refractivity contribution in [2.75, 3.05) is 0 Å². The van der Waals surface area contributed by atoms with Crippen LogP contribution in [0, 0.1) is 5.92 Å². The molecule has 0 aromatic rings. The quantitative estimate of drug-likeness (QED) is 0.483. The predicted molar refractivity (Wildman–Crippen MR) is 43.0 cm³/mol.